The summed E-state index contributed by atoms with van der Waals surface area (Å²) in [4.78, 5) is 4.18. The van der Waals surface area contributed by atoms with Crippen LogP contribution >= 0.6 is 0 Å². The van der Waals surface area contributed by atoms with Crippen molar-refractivity contribution in [2.45, 2.75) is 43.9 Å². The maximum atomic E-state index is 6.01. The lowest BCUT2D eigenvalue weighted by Gasteiger charge is -2.29. The monoisotopic (exact) mass is 244 g/mol. The molecule has 0 aliphatic carbocycles. The van der Waals surface area contributed by atoms with Gasteiger partial charge >= 0.3 is 0 Å². The molecular weight excluding hydrogens is 228 g/mol. The fraction of sp³-hybridized carbons (Fsp3) is 0.538. The van der Waals surface area contributed by atoms with Crippen LogP contribution in [0.4, 0.5) is 0 Å². The summed E-state index contributed by atoms with van der Waals surface area (Å²) in [5, 5.41) is 8.03. The standard InChI is InChI=1S/C13H16N4O/c1-2-10-8-11(7-9(1)15-10)18-13-4-3-12-14-5-6-17(12)16-13/h3-6,9-11,15H,1-2,7-8H2. The van der Waals surface area contributed by atoms with Crippen LogP contribution in [0.1, 0.15) is 25.7 Å². The second kappa shape index (κ2) is 3.95. The number of rotatable bonds is 2. The van der Waals surface area contributed by atoms with Gasteiger partial charge in [-0.25, -0.2) is 9.50 Å². The molecule has 2 aromatic rings. The van der Waals surface area contributed by atoms with Gasteiger partial charge in [0.2, 0.25) is 5.88 Å². The zero-order valence-electron chi connectivity index (χ0n) is 10.1. The number of nitrogens with zero attached hydrogens (tertiary/aromatic N) is 3. The molecule has 2 aliphatic rings. The quantitative estimate of drug-likeness (QED) is 0.867. The van der Waals surface area contributed by atoms with Crippen molar-refractivity contribution in [3.05, 3.63) is 24.5 Å². The average Bonchev–Trinajstić information content (AvgIpc) is 2.95. The first-order chi connectivity index (χ1) is 8.87. The van der Waals surface area contributed by atoms with Crippen molar-refractivity contribution in [2.24, 2.45) is 0 Å². The summed E-state index contributed by atoms with van der Waals surface area (Å²) in [5.41, 5.74) is 0.854. The first kappa shape index (κ1) is 10.3. The SMILES string of the molecule is c1cn2nc(OC3CC4CCC(C3)N4)ccc2n1. The van der Waals surface area contributed by atoms with E-state index in [2.05, 4.69) is 15.4 Å². The minimum absolute atomic E-state index is 0.303. The molecule has 2 fully saturated rings. The Bertz CT molecular complexity index is 555. The van der Waals surface area contributed by atoms with Crippen LogP contribution in [0, 0.1) is 0 Å². The molecule has 4 heterocycles. The molecule has 2 atom stereocenters. The van der Waals surface area contributed by atoms with E-state index in [-0.39, 0.29) is 0 Å². The Balaban J connectivity index is 1.53. The van der Waals surface area contributed by atoms with Crippen LogP contribution in [0.3, 0.4) is 0 Å². The van der Waals surface area contributed by atoms with Crippen LogP contribution in [0.2, 0.25) is 0 Å². The molecule has 2 bridgehead atoms. The highest BCUT2D eigenvalue weighted by atomic mass is 16.5. The van der Waals surface area contributed by atoms with Crippen LogP contribution in [0.15, 0.2) is 24.5 Å². The largest absolute Gasteiger partial charge is 0.473 e. The Morgan fingerprint density at radius 2 is 2.06 bits per heavy atom. The molecular formula is C13H16N4O. The van der Waals surface area contributed by atoms with E-state index in [0.717, 1.165) is 18.5 Å². The smallest absolute Gasteiger partial charge is 0.232 e. The predicted octanol–water partition coefficient (Wildman–Crippen LogP) is 1.39. The summed E-state index contributed by atoms with van der Waals surface area (Å²) in [6, 6.07) is 5.14. The van der Waals surface area contributed by atoms with Crippen molar-refractivity contribution in [1.82, 2.24) is 19.9 Å². The molecule has 0 spiro atoms. The lowest BCUT2D eigenvalue weighted by atomic mass is 10.0. The predicted molar refractivity (Wildman–Crippen MR) is 66.6 cm³/mol. The van der Waals surface area contributed by atoms with Crippen LogP contribution < -0.4 is 10.1 Å². The number of fused-ring (bicyclic) bond motifs is 3. The topological polar surface area (TPSA) is 51.5 Å². The molecule has 4 rings (SSSR count). The highest BCUT2D eigenvalue weighted by molar-refractivity contribution is 5.37. The van der Waals surface area contributed by atoms with Gasteiger partial charge in [0.05, 0.1) is 0 Å². The Morgan fingerprint density at radius 1 is 1.22 bits per heavy atom. The zero-order chi connectivity index (χ0) is 11.9. The molecule has 2 aromatic heterocycles. The lowest BCUT2D eigenvalue weighted by Crippen LogP contribution is -2.42. The second-order valence-electron chi connectivity index (χ2n) is 5.25. The van der Waals surface area contributed by atoms with Gasteiger partial charge in [-0.1, -0.05) is 0 Å². The van der Waals surface area contributed by atoms with E-state index >= 15 is 0 Å². The molecule has 0 amide bonds. The average molecular weight is 244 g/mol. The Labute approximate surface area is 105 Å². The lowest BCUT2D eigenvalue weighted by molar-refractivity contribution is 0.130. The van der Waals surface area contributed by atoms with Crippen molar-refractivity contribution in [2.75, 3.05) is 0 Å². The molecule has 1 N–H and O–H groups in total. The van der Waals surface area contributed by atoms with Crippen LogP contribution in [0.5, 0.6) is 5.88 Å². The Morgan fingerprint density at radius 3 is 2.89 bits per heavy atom. The number of hydrogen-bond acceptors (Lipinski definition) is 4. The first-order valence-electron chi connectivity index (χ1n) is 6.60. The van der Waals surface area contributed by atoms with Gasteiger partial charge in [-0.3, -0.25) is 0 Å². The van der Waals surface area contributed by atoms with Gasteiger partial charge in [-0.05, 0) is 31.7 Å². The van der Waals surface area contributed by atoms with Crippen molar-refractivity contribution in [3.8, 4) is 5.88 Å². The number of piperidine rings is 1. The molecule has 0 aromatic carbocycles. The summed E-state index contributed by atoms with van der Waals surface area (Å²) in [6.45, 7) is 0. The molecule has 0 radical (unpaired) electrons. The minimum atomic E-state index is 0.303. The number of hydrogen-bond donors (Lipinski definition) is 1. The van der Waals surface area contributed by atoms with E-state index in [0.29, 0.717) is 24.1 Å². The van der Waals surface area contributed by atoms with Gasteiger partial charge in [0, 0.05) is 30.5 Å². The van der Waals surface area contributed by atoms with E-state index in [1.54, 1.807) is 10.7 Å². The fourth-order valence-corrected chi connectivity index (χ4v) is 3.13. The minimum Gasteiger partial charge on any atom is -0.473 e. The first-order valence-corrected chi connectivity index (χ1v) is 6.60. The molecule has 5 heteroatoms. The highest BCUT2D eigenvalue weighted by Gasteiger charge is 2.34. The normalized spacial score (nSPS) is 30.8. The molecule has 2 saturated heterocycles. The van der Waals surface area contributed by atoms with Crippen LogP contribution in [-0.2, 0) is 0 Å². The van der Waals surface area contributed by atoms with E-state index in [1.807, 2.05) is 18.3 Å². The molecule has 94 valence electrons. The number of imidazole rings is 1. The second-order valence-corrected chi connectivity index (χ2v) is 5.25. The summed E-state index contributed by atoms with van der Waals surface area (Å²) in [5.74, 6) is 0.701. The van der Waals surface area contributed by atoms with Gasteiger partial charge in [0.15, 0.2) is 5.65 Å². The van der Waals surface area contributed by atoms with Crippen LogP contribution in [0.25, 0.3) is 5.65 Å². The van der Waals surface area contributed by atoms with Crippen LogP contribution in [-0.4, -0.2) is 32.8 Å². The van der Waals surface area contributed by atoms with E-state index in [9.17, 15) is 0 Å². The number of nitrogens with one attached hydrogen (secondary N) is 1. The fourth-order valence-electron chi connectivity index (χ4n) is 3.13. The molecule has 0 saturated carbocycles. The van der Waals surface area contributed by atoms with Gasteiger partial charge in [-0.2, -0.15) is 0 Å². The number of aromatic nitrogens is 3. The Kier molecular flexibility index (Phi) is 2.26. The maximum Gasteiger partial charge on any atom is 0.232 e. The Hall–Kier alpha value is -1.62. The maximum absolute atomic E-state index is 6.01. The van der Waals surface area contributed by atoms with Crippen molar-refractivity contribution in [1.29, 1.82) is 0 Å². The van der Waals surface area contributed by atoms with E-state index in [1.165, 1.54) is 12.8 Å². The third-order valence-corrected chi connectivity index (χ3v) is 3.95. The summed E-state index contributed by atoms with van der Waals surface area (Å²) >= 11 is 0. The summed E-state index contributed by atoms with van der Waals surface area (Å²) in [6.07, 6.45) is 8.67. The van der Waals surface area contributed by atoms with E-state index in [4.69, 9.17) is 4.74 Å². The van der Waals surface area contributed by atoms with Gasteiger partial charge in [0.1, 0.15) is 6.10 Å². The van der Waals surface area contributed by atoms with Gasteiger partial charge in [0.25, 0.3) is 0 Å². The highest BCUT2D eigenvalue weighted by Crippen LogP contribution is 2.29. The van der Waals surface area contributed by atoms with Crippen molar-refractivity contribution >= 4 is 5.65 Å². The summed E-state index contributed by atoms with van der Waals surface area (Å²) < 4.78 is 7.77. The molecule has 18 heavy (non-hydrogen) atoms. The molecule has 5 nitrogen and oxygen atoms in total. The van der Waals surface area contributed by atoms with E-state index < -0.39 is 0 Å². The molecule has 2 unspecified atom stereocenters. The third-order valence-electron chi connectivity index (χ3n) is 3.95. The zero-order valence-corrected chi connectivity index (χ0v) is 10.1. The van der Waals surface area contributed by atoms with Gasteiger partial charge < -0.3 is 10.1 Å². The van der Waals surface area contributed by atoms with Crippen molar-refractivity contribution in [3.63, 3.8) is 0 Å². The van der Waals surface area contributed by atoms with Gasteiger partial charge in [-0.15, -0.1) is 5.10 Å². The van der Waals surface area contributed by atoms with Crippen molar-refractivity contribution < 1.29 is 4.74 Å². The number of ether oxygens (including phenoxy) is 1. The third kappa shape index (κ3) is 1.75. The summed E-state index contributed by atoms with van der Waals surface area (Å²) in [7, 11) is 0. The molecule has 2 aliphatic heterocycles.